The number of hydrogen-bond donors (Lipinski definition) is 3. The summed E-state index contributed by atoms with van der Waals surface area (Å²) in [6, 6.07) is 10.1. The lowest BCUT2D eigenvalue weighted by atomic mass is 9.79. The van der Waals surface area contributed by atoms with Gasteiger partial charge in [0, 0.05) is 30.7 Å². The van der Waals surface area contributed by atoms with Crippen LogP contribution in [0.4, 0.5) is 5.69 Å². The van der Waals surface area contributed by atoms with Crippen LogP contribution in [0.1, 0.15) is 19.3 Å². The van der Waals surface area contributed by atoms with E-state index in [4.69, 9.17) is 5.73 Å². The van der Waals surface area contributed by atoms with Crippen molar-refractivity contribution in [3.05, 3.63) is 30.3 Å². The normalized spacial score (nSPS) is 32.7. The molecule has 4 N–H and O–H groups in total. The highest BCUT2D eigenvalue weighted by atomic mass is 16.2. The van der Waals surface area contributed by atoms with Crippen molar-refractivity contribution in [1.82, 2.24) is 10.9 Å². The van der Waals surface area contributed by atoms with Crippen LogP contribution in [0.15, 0.2) is 30.3 Å². The van der Waals surface area contributed by atoms with E-state index in [2.05, 4.69) is 10.9 Å². The number of carbonyl (C=O) groups is 1. The Bertz CT molecular complexity index is 478. The fourth-order valence-corrected chi connectivity index (χ4v) is 3.32. The van der Waals surface area contributed by atoms with E-state index in [0.717, 1.165) is 24.9 Å². The van der Waals surface area contributed by atoms with Crippen LogP contribution in [-0.2, 0) is 4.79 Å². The van der Waals surface area contributed by atoms with Gasteiger partial charge in [-0.1, -0.05) is 18.2 Å². The number of para-hydroxylation sites is 1. The molecule has 2 fully saturated rings. The van der Waals surface area contributed by atoms with Gasteiger partial charge in [-0.2, -0.15) is 0 Å². The predicted octanol–water partition coefficient (Wildman–Crippen LogP) is 0.622. The number of benzene rings is 1. The number of hydrazine groups is 1. The van der Waals surface area contributed by atoms with E-state index in [9.17, 15) is 4.79 Å². The molecule has 3 rings (SSSR count). The number of amides is 1. The monoisotopic (exact) mass is 274 g/mol. The first-order chi connectivity index (χ1) is 9.66. The molecule has 108 valence electrons. The molecule has 1 aromatic carbocycles. The fraction of sp³-hybridized carbons (Fsp3) is 0.533. The summed E-state index contributed by atoms with van der Waals surface area (Å²) in [6.45, 7) is 0. The van der Waals surface area contributed by atoms with E-state index in [-0.39, 0.29) is 23.9 Å². The van der Waals surface area contributed by atoms with Crippen molar-refractivity contribution >= 4 is 11.6 Å². The number of anilines is 1. The number of hydrogen-bond acceptors (Lipinski definition) is 4. The van der Waals surface area contributed by atoms with Crippen LogP contribution < -0.4 is 21.5 Å². The van der Waals surface area contributed by atoms with Gasteiger partial charge in [-0.25, -0.2) is 5.43 Å². The van der Waals surface area contributed by atoms with Gasteiger partial charge >= 0.3 is 0 Å². The molecular weight excluding hydrogens is 252 g/mol. The number of nitrogens with zero attached hydrogens (tertiary/aromatic N) is 1. The van der Waals surface area contributed by atoms with Gasteiger partial charge < -0.3 is 10.6 Å². The summed E-state index contributed by atoms with van der Waals surface area (Å²) in [4.78, 5) is 14.4. The van der Waals surface area contributed by atoms with Crippen molar-refractivity contribution in [2.45, 2.75) is 37.4 Å². The van der Waals surface area contributed by atoms with E-state index in [1.165, 1.54) is 0 Å². The minimum Gasteiger partial charge on any atom is -0.328 e. The first-order valence-electron chi connectivity index (χ1n) is 7.26. The van der Waals surface area contributed by atoms with E-state index in [0.29, 0.717) is 6.04 Å². The lowest BCUT2D eigenvalue weighted by Gasteiger charge is -2.32. The van der Waals surface area contributed by atoms with Crippen molar-refractivity contribution in [1.29, 1.82) is 0 Å². The van der Waals surface area contributed by atoms with E-state index in [1.807, 2.05) is 37.4 Å². The minimum absolute atomic E-state index is 0.102. The van der Waals surface area contributed by atoms with Gasteiger partial charge in [0.05, 0.1) is 0 Å². The molecule has 1 saturated carbocycles. The Morgan fingerprint density at radius 3 is 2.75 bits per heavy atom. The van der Waals surface area contributed by atoms with Crippen LogP contribution in [0.25, 0.3) is 0 Å². The van der Waals surface area contributed by atoms with Crippen LogP contribution in [0, 0.1) is 5.92 Å². The van der Waals surface area contributed by atoms with E-state index in [1.54, 1.807) is 4.90 Å². The van der Waals surface area contributed by atoms with Gasteiger partial charge in [-0.3, -0.25) is 10.2 Å². The number of nitrogens with one attached hydrogen (secondary N) is 2. The van der Waals surface area contributed by atoms with Crippen molar-refractivity contribution in [3.63, 3.8) is 0 Å². The average Bonchev–Trinajstić information content (AvgIpc) is 2.89. The van der Waals surface area contributed by atoms with Gasteiger partial charge in [0.25, 0.3) is 0 Å². The number of rotatable bonds is 2. The van der Waals surface area contributed by atoms with Crippen LogP contribution in [0.3, 0.4) is 0 Å². The largest absolute Gasteiger partial charge is 0.328 e. The molecule has 2 aliphatic rings. The number of likely N-dealkylation sites (N-methyl/N-ethyl adjacent to an activating group) is 1. The van der Waals surface area contributed by atoms with E-state index < -0.39 is 0 Å². The Kier molecular flexibility index (Phi) is 3.74. The van der Waals surface area contributed by atoms with Crippen LogP contribution >= 0.6 is 0 Å². The molecule has 1 aliphatic carbocycles. The second-order valence-corrected chi connectivity index (χ2v) is 5.84. The standard InChI is InChI=1S/C15H22N4O/c1-19(11-5-3-2-4-6-11)15(20)14-12-9-10(16)7-8-13(12)17-18-14/h2-6,10,12-14,17-18H,7-9,16H2,1H3. The SMILES string of the molecule is CN(C(=O)C1NNC2CCC(N)CC21)c1ccccc1. The molecule has 0 spiro atoms. The molecule has 0 radical (unpaired) electrons. The summed E-state index contributed by atoms with van der Waals surface area (Å²) in [5, 5.41) is 0. The molecule has 1 aromatic rings. The third-order valence-corrected chi connectivity index (χ3v) is 4.53. The van der Waals surface area contributed by atoms with Gasteiger partial charge in [-0.05, 0) is 31.4 Å². The smallest absolute Gasteiger partial charge is 0.245 e. The summed E-state index contributed by atoms with van der Waals surface area (Å²) >= 11 is 0. The van der Waals surface area contributed by atoms with Gasteiger partial charge in [0.15, 0.2) is 0 Å². The fourth-order valence-electron chi connectivity index (χ4n) is 3.32. The molecule has 5 nitrogen and oxygen atoms in total. The molecule has 1 heterocycles. The summed E-state index contributed by atoms with van der Waals surface area (Å²) < 4.78 is 0. The average molecular weight is 274 g/mol. The lowest BCUT2D eigenvalue weighted by Crippen LogP contribution is -2.48. The van der Waals surface area contributed by atoms with Gasteiger partial charge in [0.2, 0.25) is 5.91 Å². The highest BCUT2D eigenvalue weighted by molar-refractivity contribution is 5.97. The molecule has 1 amide bonds. The summed E-state index contributed by atoms with van der Waals surface area (Å²) in [5.74, 6) is 0.391. The third-order valence-electron chi connectivity index (χ3n) is 4.53. The maximum atomic E-state index is 12.7. The first-order valence-corrected chi connectivity index (χ1v) is 7.26. The topological polar surface area (TPSA) is 70.4 Å². The maximum Gasteiger partial charge on any atom is 0.245 e. The molecular formula is C15H22N4O. The molecule has 5 heteroatoms. The second-order valence-electron chi connectivity index (χ2n) is 5.84. The van der Waals surface area contributed by atoms with Crippen molar-refractivity contribution < 1.29 is 4.79 Å². The van der Waals surface area contributed by atoms with E-state index >= 15 is 0 Å². The van der Waals surface area contributed by atoms with Crippen molar-refractivity contribution in [2.75, 3.05) is 11.9 Å². The molecule has 4 unspecified atom stereocenters. The molecule has 0 bridgehead atoms. The quantitative estimate of drug-likeness (QED) is 0.739. The highest BCUT2D eigenvalue weighted by Gasteiger charge is 2.43. The zero-order valence-corrected chi connectivity index (χ0v) is 11.8. The predicted molar refractivity (Wildman–Crippen MR) is 79.0 cm³/mol. The zero-order valence-electron chi connectivity index (χ0n) is 11.8. The Labute approximate surface area is 119 Å². The Morgan fingerprint density at radius 1 is 1.25 bits per heavy atom. The maximum absolute atomic E-state index is 12.7. The van der Waals surface area contributed by atoms with Crippen molar-refractivity contribution in [3.8, 4) is 0 Å². The van der Waals surface area contributed by atoms with Crippen LogP contribution in [-0.4, -0.2) is 31.1 Å². The summed E-state index contributed by atoms with van der Waals surface area (Å²) in [6.07, 6.45) is 2.98. The van der Waals surface area contributed by atoms with Crippen molar-refractivity contribution in [2.24, 2.45) is 11.7 Å². The first kappa shape index (κ1) is 13.5. The summed E-state index contributed by atoms with van der Waals surface area (Å²) in [7, 11) is 1.83. The minimum atomic E-state index is -0.184. The number of nitrogens with two attached hydrogens (primary N) is 1. The summed E-state index contributed by atoms with van der Waals surface area (Å²) in [5.41, 5.74) is 13.4. The number of fused-ring (bicyclic) bond motifs is 1. The third kappa shape index (κ3) is 2.44. The van der Waals surface area contributed by atoms with Crippen LogP contribution in [0.5, 0.6) is 0 Å². The molecule has 20 heavy (non-hydrogen) atoms. The number of carbonyl (C=O) groups excluding carboxylic acids is 1. The molecule has 1 saturated heterocycles. The zero-order chi connectivity index (χ0) is 14.1. The Morgan fingerprint density at radius 2 is 2.00 bits per heavy atom. The second kappa shape index (κ2) is 5.52. The Balaban J connectivity index is 1.74. The lowest BCUT2D eigenvalue weighted by molar-refractivity contribution is -0.121. The molecule has 1 aliphatic heterocycles. The highest BCUT2D eigenvalue weighted by Crippen LogP contribution is 2.30. The molecule has 4 atom stereocenters. The van der Waals surface area contributed by atoms with Crippen LogP contribution in [0.2, 0.25) is 0 Å². The van der Waals surface area contributed by atoms with Gasteiger partial charge in [-0.15, -0.1) is 0 Å². The van der Waals surface area contributed by atoms with Gasteiger partial charge in [0.1, 0.15) is 6.04 Å². The molecule has 0 aromatic heterocycles. The Hall–Kier alpha value is -1.43.